The Morgan fingerprint density at radius 3 is 1.02 bits per heavy atom. The molecule has 2 aliphatic heterocycles. The number of rotatable bonds is 8. The van der Waals surface area contributed by atoms with Crippen LogP contribution in [0, 0.1) is 0 Å². The minimum absolute atomic E-state index is 0.338. The number of anilines is 4. The molecular formula is C90H55BN8. The summed E-state index contributed by atoms with van der Waals surface area (Å²) in [5, 5.41) is 11.3. The SMILES string of the molecule is c1ccc(-c2nc(-n3c4ccccc4c4cc(-c5cc6c(c7ccccc57)-c5cccc7c5B(N6c5ccccc5)N(c5ccccc5)c5cc(-c6ccc8c(c6)c6ccccc6n8-c6nc(-c8ccccc8)c8ccccc8n6)c6ccccc6c5-7)ccc43)nc3ccccc23)cc1. The molecule has 0 saturated heterocycles. The minimum Gasteiger partial charge on any atom is -0.361 e. The van der Waals surface area contributed by atoms with Crippen molar-refractivity contribution in [1.29, 1.82) is 0 Å². The van der Waals surface area contributed by atoms with Crippen molar-refractivity contribution in [3.05, 3.63) is 334 Å². The largest absolute Gasteiger partial charge is 0.421 e. The Bertz CT molecular complexity index is 6170. The smallest absolute Gasteiger partial charge is 0.361 e. The summed E-state index contributed by atoms with van der Waals surface area (Å²) in [7, 11) is 0. The van der Waals surface area contributed by atoms with Gasteiger partial charge >= 0.3 is 6.98 Å². The number of hydrogen-bond donors (Lipinski definition) is 0. The Labute approximate surface area is 570 Å². The van der Waals surface area contributed by atoms with E-state index in [-0.39, 0.29) is 6.98 Å². The highest BCUT2D eigenvalue weighted by atomic mass is 15.2. The zero-order valence-corrected chi connectivity index (χ0v) is 53.4. The molecule has 8 nitrogen and oxygen atoms in total. The molecule has 0 bridgehead atoms. The van der Waals surface area contributed by atoms with Crippen LogP contribution in [0.25, 0.3) is 166 Å². The molecule has 2 aliphatic rings. The molecule has 0 aliphatic carbocycles. The summed E-state index contributed by atoms with van der Waals surface area (Å²) in [5.74, 6) is 1.27. The van der Waals surface area contributed by atoms with E-state index in [1.165, 1.54) is 49.3 Å². The monoisotopic (exact) mass is 1260 g/mol. The number of nitrogens with zero attached hydrogens (tertiary/aromatic N) is 8. The van der Waals surface area contributed by atoms with Crippen molar-refractivity contribution in [1.82, 2.24) is 29.1 Å². The standard InChI is InChI=1S/C90H55BN8/c1-5-26-56(27-6-1)87-68-40-17-21-44-76(68)92-89(94-87)96-78-46-23-19-36-64(78)74-52-58(48-50-80(74)96)72-54-82-84(66-38-15-13-34-62(66)72)70-42-25-43-71-85-67-39-16-14-35-63(67)73(55-83(85)99(61-32-11-4-12-33-61)91(86(70)71)98(82)60-30-9-3-10-31-60)59-49-51-81-75(53-59)65-37-20-24-47-79(65)97(81)90-93-77-45-22-18-41-69(77)88(95-90)57-28-7-2-8-29-57/h1-55H. The first-order chi connectivity index (χ1) is 49.1. The fourth-order valence-electron chi connectivity index (χ4n) is 16.5. The summed E-state index contributed by atoms with van der Waals surface area (Å²) >= 11 is 0. The van der Waals surface area contributed by atoms with E-state index in [2.05, 4.69) is 352 Å². The first kappa shape index (κ1) is 55.1. The van der Waals surface area contributed by atoms with Crippen molar-refractivity contribution in [3.63, 3.8) is 0 Å². The van der Waals surface area contributed by atoms with E-state index in [9.17, 15) is 0 Å². The van der Waals surface area contributed by atoms with Gasteiger partial charge in [0, 0.05) is 77.3 Å². The van der Waals surface area contributed by atoms with Gasteiger partial charge in [-0.1, -0.05) is 249 Å². The third kappa shape index (κ3) is 8.28. The van der Waals surface area contributed by atoms with E-state index < -0.39 is 0 Å². The number of benzene rings is 15. The summed E-state index contributed by atoms with van der Waals surface area (Å²) in [4.78, 5) is 26.8. The molecule has 0 fully saturated rings. The summed E-state index contributed by atoms with van der Waals surface area (Å²) < 4.78 is 4.50. The molecule has 0 radical (unpaired) electrons. The van der Waals surface area contributed by atoms with Crippen LogP contribution < -0.4 is 15.1 Å². The van der Waals surface area contributed by atoms with Crippen LogP contribution >= 0.6 is 0 Å². The van der Waals surface area contributed by atoms with Crippen LogP contribution in [0.2, 0.25) is 0 Å². The molecule has 0 N–H and O–H groups in total. The third-order valence-electron chi connectivity index (χ3n) is 20.7. The van der Waals surface area contributed by atoms with Crippen LogP contribution in [0.4, 0.5) is 22.7 Å². The van der Waals surface area contributed by atoms with Gasteiger partial charge in [0.1, 0.15) is 0 Å². The highest BCUT2D eigenvalue weighted by Gasteiger charge is 2.48. The normalized spacial score (nSPS) is 12.6. The molecule has 458 valence electrons. The lowest BCUT2D eigenvalue weighted by Gasteiger charge is -2.48. The highest BCUT2D eigenvalue weighted by molar-refractivity contribution is 6.86. The average molecular weight is 1260 g/mol. The molecule has 0 atom stereocenters. The zero-order chi connectivity index (χ0) is 64.8. The molecule has 15 aromatic carbocycles. The molecule has 99 heavy (non-hydrogen) atoms. The van der Waals surface area contributed by atoms with E-state index in [0.717, 1.165) is 133 Å². The zero-order valence-electron chi connectivity index (χ0n) is 53.4. The highest BCUT2D eigenvalue weighted by Crippen LogP contribution is 2.55. The summed E-state index contributed by atoms with van der Waals surface area (Å²) in [6, 6.07) is 121. The Morgan fingerprint density at radius 2 is 0.586 bits per heavy atom. The molecule has 0 unspecified atom stereocenters. The third-order valence-corrected chi connectivity index (χ3v) is 20.7. The van der Waals surface area contributed by atoms with Crippen molar-refractivity contribution in [2.45, 2.75) is 0 Å². The Hall–Kier alpha value is -13.2. The van der Waals surface area contributed by atoms with Crippen LogP contribution in [0.3, 0.4) is 0 Å². The fraction of sp³-hybridized carbons (Fsp3) is 0. The number of hydrogen-bond acceptors (Lipinski definition) is 6. The quantitative estimate of drug-likeness (QED) is 0.141. The number of para-hydroxylation sites is 6. The molecule has 0 saturated carbocycles. The van der Waals surface area contributed by atoms with Crippen molar-refractivity contribution in [3.8, 4) is 78.9 Å². The molecule has 9 heteroatoms. The van der Waals surface area contributed by atoms with Crippen LogP contribution in [0.15, 0.2) is 334 Å². The number of aromatic nitrogens is 6. The van der Waals surface area contributed by atoms with Crippen LogP contribution in [-0.2, 0) is 0 Å². The van der Waals surface area contributed by atoms with Gasteiger partial charge in [-0.05, 0) is 145 Å². The lowest BCUT2D eigenvalue weighted by atomic mass is 9.53. The van der Waals surface area contributed by atoms with Gasteiger partial charge in [0.25, 0.3) is 0 Å². The van der Waals surface area contributed by atoms with Crippen molar-refractivity contribution >= 4 is 122 Å². The van der Waals surface area contributed by atoms with E-state index in [1.807, 2.05) is 0 Å². The van der Waals surface area contributed by atoms with Gasteiger partial charge in [0.05, 0.1) is 44.5 Å². The second-order valence-corrected chi connectivity index (χ2v) is 26.0. The molecule has 0 spiro atoms. The van der Waals surface area contributed by atoms with Crippen molar-refractivity contribution in [2.75, 3.05) is 9.62 Å². The first-order valence-electron chi connectivity index (χ1n) is 33.8. The van der Waals surface area contributed by atoms with Gasteiger partial charge in [-0.3, -0.25) is 9.13 Å². The molecular weight excluding hydrogens is 1200 g/mol. The van der Waals surface area contributed by atoms with Gasteiger partial charge in [-0.25, -0.2) is 19.9 Å². The molecule has 19 aromatic rings. The Kier molecular flexibility index (Phi) is 12.0. The van der Waals surface area contributed by atoms with Crippen molar-refractivity contribution in [2.24, 2.45) is 0 Å². The molecule has 4 aromatic heterocycles. The average Bonchev–Trinajstić information content (AvgIpc) is 1.32. The minimum atomic E-state index is -0.338. The van der Waals surface area contributed by atoms with Gasteiger partial charge in [-0.2, -0.15) is 0 Å². The second-order valence-electron chi connectivity index (χ2n) is 26.0. The van der Waals surface area contributed by atoms with Gasteiger partial charge in [-0.15, -0.1) is 0 Å². The van der Waals surface area contributed by atoms with E-state index in [1.54, 1.807) is 0 Å². The van der Waals surface area contributed by atoms with Crippen LogP contribution in [-0.4, -0.2) is 36.1 Å². The maximum Gasteiger partial charge on any atom is 0.421 e. The maximum absolute atomic E-state index is 5.43. The Balaban J connectivity index is 0.777. The molecule has 0 amide bonds. The lowest BCUT2D eigenvalue weighted by molar-refractivity contribution is 1.01. The summed E-state index contributed by atoms with van der Waals surface area (Å²) in [5.41, 5.74) is 25.0. The van der Waals surface area contributed by atoms with Crippen LogP contribution in [0.1, 0.15) is 0 Å². The van der Waals surface area contributed by atoms with Gasteiger partial charge < -0.3 is 9.62 Å². The van der Waals surface area contributed by atoms with E-state index in [4.69, 9.17) is 19.9 Å². The fourth-order valence-corrected chi connectivity index (χ4v) is 16.5. The Morgan fingerprint density at radius 1 is 0.232 bits per heavy atom. The summed E-state index contributed by atoms with van der Waals surface area (Å²) in [6.07, 6.45) is 0. The predicted octanol–water partition coefficient (Wildman–Crippen LogP) is 22.1. The van der Waals surface area contributed by atoms with Crippen molar-refractivity contribution < 1.29 is 0 Å². The second kappa shape index (κ2) is 21.6. The lowest BCUT2D eigenvalue weighted by Crippen LogP contribution is -2.62. The predicted molar refractivity (Wildman–Crippen MR) is 411 cm³/mol. The maximum atomic E-state index is 5.43. The van der Waals surface area contributed by atoms with Gasteiger partial charge in [0.15, 0.2) is 0 Å². The first-order valence-corrected chi connectivity index (χ1v) is 33.8. The molecule has 21 rings (SSSR count). The number of fused-ring (bicyclic) bond motifs is 16. The van der Waals surface area contributed by atoms with E-state index >= 15 is 0 Å². The van der Waals surface area contributed by atoms with Gasteiger partial charge in [0.2, 0.25) is 11.9 Å². The topological polar surface area (TPSA) is 67.9 Å². The summed E-state index contributed by atoms with van der Waals surface area (Å²) in [6.45, 7) is -0.338. The van der Waals surface area contributed by atoms with Crippen LogP contribution in [0.5, 0.6) is 0 Å². The van der Waals surface area contributed by atoms with E-state index in [0.29, 0.717) is 11.9 Å². The molecule has 6 heterocycles.